The molecule has 0 fully saturated rings. The summed E-state index contributed by atoms with van der Waals surface area (Å²) in [7, 11) is 1.68. The first kappa shape index (κ1) is 15.7. The highest BCUT2D eigenvalue weighted by atomic mass is 16.6. The van der Waals surface area contributed by atoms with Gasteiger partial charge in [-0.2, -0.15) is 5.10 Å². The van der Waals surface area contributed by atoms with Crippen LogP contribution in [0.3, 0.4) is 0 Å². The SMILES string of the molecule is C[C@H](c1cccc([N+](=O)[O-])c1)N(C)C(=O)c1cccc2cn[nH]c12. The van der Waals surface area contributed by atoms with E-state index in [0.717, 1.165) is 5.39 Å². The highest BCUT2D eigenvalue weighted by Crippen LogP contribution is 2.25. The number of nitrogens with one attached hydrogen (secondary N) is 1. The molecule has 0 saturated carbocycles. The number of hydrogen-bond acceptors (Lipinski definition) is 4. The number of hydrogen-bond donors (Lipinski definition) is 1. The lowest BCUT2D eigenvalue weighted by atomic mass is 10.0. The number of amides is 1. The molecule has 0 aliphatic heterocycles. The van der Waals surface area contributed by atoms with Crippen molar-refractivity contribution in [3.05, 3.63) is 69.9 Å². The highest BCUT2D eigenvalue weighted by molar-refractivity contribution is 6.05. The predicted octanol–water partition coefficient (Wildman–Crippen LogP) is 3.30. The largest absolute Gasteiger partial charge is 0.335 e. The van der Waals surface area contributed by atoms with Gasteiger partial charge in [0.1, 0.15) is 0 Å². The Bertz CT molecular complexity index is 919. The molecule has 24 heavy (non-hydrogen) atoms. The van der Waals surface area contributed by atoms with Gasteiger partial charge in [-0.25, -0.2) is 0 Å². The zero-order chi connectivity index (χ0) is 17.3. The summed E-state index contributed by atoms with van der Waals surface area (Å²) in [6.45, 7) is 1.84. The molecule has 0 saturated heterocycles. The monoisotopic (exact) mass is 324 g/mol. The van der Waals surface area contributed by atoms with E-state index in [-0.39, 0.29) is 17.6 Å². The molecule has 0 spiro atoms. The fraction of sp³-hybridized carbons (Fsp3) is 0.176. The van der Waals surface area contributed by atoms with Crippen LogP contribution in [-0.2, 0) is 0 Å². The van der Waals surface area contributed by atoms with Crippen molar-refractivity contribution in [1.29, 1.82) is 0 Å². The average Bonchev–Trinajstić information content (AvgIpc) is 3.08. The number of H-pyrrole nitrogens is 1. The molecule has 1 aromatic heterocycles. The first-order valence-electron chi connectivity index (χ1n) is 7.42. The molecule has 2 aromatic carbocycles. The molecule has 0 bridgehead atoms. The van der Waals surface area contributed by atoms with Gasteiger partial charge >= 0.3 is 0 Å². The Morgan fingerprint density at radius 3 is 2.79 bits per heavy atom. The summed E-state index contributed by atoms with van der Waals surface area (Å²) in [5.74, 6) is -0.177. The number of fused-ring (bicyclic) bond motifs is 1. The van der Waals surface area contributed by atoms with Crippen LogP contribution in [0.4, 0.5) is 5.69 Å². The smallest absolute Gasteiger partial charge is 0.269 e. The van der Waals surface area contributed by atoms with E-state index in [4.69, 9.17) is 0 Å². The number of carbonyl (C=O) groups is 1. The number of benzene rings is 2. The number of nitro benzene ring substituents is 1. The Kier molecular flexibility index (Phi) is 3.99. The first-order valence-corrected chi connectivity index (χ1v) is 7.42. The van der Waals surface area contributed by atoms with Gasteiger partial charge in [-0.15, -0.1) is 0 Å². The van der Waals surface area contributed by atoms with Crippen LogP contribution >= 0.6 is 0 Å². The van der Waals surface area contributed by atoms with E-state index >= 15 is 0 Å². The van der Waals surface area contributed by atoms with Crippen molar-refractivity contribution in [2.45, 2.75) is 13.0 Å². The normalized spacial score (nSPS) is 12.1. The zero-order valence-corrected chi connectivity index (χ0v) is 13.3. The van der Waals surface area contributed by atoms with Crippen molar-refractivity contribution in [2.24, 2.45) is 0 Å². The van der Waals surface area contributed by atoms with Crippen LogP contribution in [0.25, 0.3) is 10.9 Å². The Morgan fingerprint density at radius 2 is 2.04 bits per heavy atom. The van der Waals surface area contributed by atoms with Crippen LogP contribution in [0, 0.1) is 10.1 Å². The van der Waals surface area contributed by atoms with Gasteiger partial charge in [0.2, 0.25) is 0 Å². The second-order valence-electron chi connectivity index (χ2n) is 5.58. The summed E-state index contributed by atoms with van der Waals surface area (Å²) < 4.78 is 0. The maximum absolute atomic E-state index is 12.8. The van der Waals surface area contributed by atoms with Crippen molar-refractivity contribution >= 4 is 22.5 Å². The summed E-state index contributed by atoms with van der Waals surface area (Å²) in [6.07, 6.45) is 1.66. The summed E-state index contributed by atoms with van der Waals surface area (Å²) in [5.41, 5.74) is 1.91. The van der Waals surface area contributed by atoms with Crippen molar-refractivity contribution < 1.29 is 9.72 Å². The molecule has 7 heteroatoms. The molecule has 1 amide bonds. The number of rotatable bonds is 4. The quantitative estimate of drug-likeness (QED) is 0.588. The fourth-order valence-electron chi connectivity index (χ4n) is 2.63. The van der Waals surface area contributed by atoms with E-state index in [9.17, 15) is 14.9 Å². The van der Waals surface area contributed by atoms with E-state index in [1.165, 1.54) is 12.1 Å². The number of aromatic amines is 1. The molecule has 3 aromatic rings. The van der Waals surface area contributed by atoms with Gasteiger partial charge in [-0.05, 0) is 18.6 Å². The third kappa shape index (κ3) is 2.71. The molecule has 1 heterocycles. The van der Waals surface area contributed by atoms with Crippen molar-refractivity contribution in [1.82, 2.24) is 15.1 Å². The van der Waals surface area contributed by atoms with Gasteiger partial charge in [0.05, 0.1) is 28.2 Å². The van der Waals surface area contributed by atoms with Gasteiger partial charge in [-0.1, -0.05) is 24.3 Å². The number of nitrogens with zero attached hydrogens (tertiary/aromatic N) is 3. The van der Waals surface area contributed by atoms with E-state index in [1.807, 2.05) is 13.0 Å². The molecule has 0 aliphatic rings. The van der Waals surface area contributed by atoms with E-state index in [0.29, 0.717) is 16.6 Å². The summed E-state index contributed by atoms with van der Waals surface area (Å²) in [6, 6.07) is 11.4. The van der Waals surface area contributed by atoms with Crippen LogP contribution in [0.2, 0.25) is 0 Å². The third-order valence-electron chi connectivity index (χ3n) is 4.17. The minimum Gasteiger partial charge on any atom is -0.335 e. The Hall–Kier alpha value is -3.22. The summed E-state index contributed by atoms with van der Waals surface area (Å²) in [5, 5.41) is 18.6. The minimum atomic E-state index is -0.441. The molecule has 1 atom stereocenters. The maximum Gasteiger partial charge on any atom is 0.269 e. The maximum atomic E-state index is 12.8. The highest BCUT2D eigenvalue weighted by Gasteiger charge is 2.22. The second kappa shape index (κ2) is 6.11. The van der Waals surface area contributed by atoms with Gasteiger partial charge in [0.15, 0.2) is 0 Å². The summed E-state index contributed by atoms with van der Waals surface area (Å²) in [4.78, 5) is 24.9. The third-order valence-corrected chi connectivity index (χ3v) is 4.17. The standard InChI is InChI=1S/C17H16N4O3/c1-11(12-5-3-7-14(9-12)21(23)24)20(2)17(22)15-8-4-6-13-10-18-19-16(13)15/h3-11H,1-2H3,(H,18,19)/t11-/m1/s1. The molecule has 7 nitrogen and oxygen atoms in total. The number of aromatic nitrogens is 2. The van der Waals surface area contributed by atoms with Crippen molar-refractivity contribution in [3.63, 3.8) is 0 Å². The zero-order valence-electron chi connectivity index (χ0n) is 13.3. The Balaban J connectivity index is 1.92. The van der Waals surface area contributed by atoms with E-state index in [2.05, 4.69) is 10.2 Å². The van der Waals surface area contributed by atoms with Crippen LogP contribution < -0.4 is 0 Å². The summed E-state index contributed by atoms with van der Waals surface area (Å²) >= 11 is 0. The number of non-ortho nitro benzene ring substituents is 1. The van der Waals surface area contributed by atoms with E-state index in [1.54, 1.807) is 42.4 Å². The lowest BCUT2D eigenvalue weighted by molar-refractivity contribution is -0.384. The number of nitro groups is 1. The van der Waals surface area contributed by atoms with Gasteiger partial charge in [-0.3, -0.25) is 20.0 Å². The second-order valence-corrected chi connectivity index (χ2v) is 5.58. The van der Waals surface area contributed by atoms with Gasteiger partial charge in [0, 0.05) is 24.6 Å². The van der Waals surface area contributed by atoms with E-state index < -0.39 is 4.92 Å². The van der Waals surface area contributed by atoms with Crippen molar-refractivity contribution in [3.8, 4) is 0 Å². The average molecular weight is 324 g/mol. The molecule has 0 unspecified atom stereocenters. The van der Waals surface area contributed by atoms with Crippen LogP contribution in [0.1, 0.15) is 28.9 Å². The number of para-hydroxylation sites is 1. The van der Waals surface area contributed by atoms with Gasteiger partial charge < -0.3 is 4.90 Å². The van der Waals surface area contributed by atoms with Crippen LogP contribution in [0.15, 0.2) is 48.7 Å². The van der Waals surface area contributed by atoms with Crippen molar-refractivity contribution in [2.75, 3.05) is 7.05 Å². The van der Waals surface area contributed by atoms with Crippen LogP contribution in [-0.4, -0.2) is 33.0 Å². The molecule has 0 aliphatic carbocycles. The first-order chi connectivity index (χ1) is 11.5. The predicted molar refractivity (Wildman–Crippen MR) is 89.7 cm³/mol. The molecular weight excluding hydrogens is 308 g/mol. The molecule has 1 N–H and O–H groups in total. The molecule has 122 valence electrons. The number of carbonyl (C=O) groups excluding carboxylic acids is 1. The lowest BCUT2D eigenvalue weighted by Crippen LogP contribution is -2.29. The fourth-order valence-corrected chi connectivity index (χ4v) is 2.63. The molecular formula is C17H16N4O3. The lowest BCUT2D eigenvalue weighted by Gasteiger charge is -2.25. The minimum absolute atomic E-state index is 0.0101. The Labute approximate surface area is 138 Å². The molecule has 0 radical (unpaired) electrons. The topological polar surface area (TPSA) is 92.1 Å². The Morgan fingerprint density at radius 1 is 1.29 bits per heavy atom. The molecule has 3 rings (SSSR count). The van der Waals surface area contributed by atoms with Gasteiger partial charge in [0.25, 0.3) is 11.6 Å². The van der Waals surface area contributed by atoms with Crippen LogP contribution in [0.5, 0.6) is 0 Å².